The summed E-state index contributed by atoms with van der Waals surface area (Å²) in [6, 6.07) is 12.5. The fourth-order valence-electron chi connectivity index (χ4n) is 4.29. The average Bonchev–Trinajstić information content (AvgIpc) is 3.21. The van der Waals surface area contributed by atoms with Crippen molar-refractivity contribution in [1.82, 2.24) is 5.32 Å². The van der Waals surface area contributed by atoms with Gasteiger partial charge in [-0.15, -0.1) is 0 Å². The molecule has 0 saturated heterocycles. The van der Waals surface area contributed by atoms with Gasteiger partial charge in [-0.1, -0.05) is 30.3 Å². The SMILES string of the molecule is O=C(Nc1cccc2c1C[C@H](O)C2)N[C@H]1CC[C@@H](c2ccccc2F)C1. The predicted molar refractivity (Wildman–Crippen MR) is 98.8 cm³/mol. The van der Waals surface area contributed by atoms with Crippen LogP contribution in [0, 0.1) is 5.82 Å². The van der Waals surface area contributed by atoms with Gasteiger partial charge in [-0.2, -0.15) is 0 Å². The molecule has 0 radical (unpaired) electrons. The summed E-state index contributed by atoms with van der Waals surface area (Å²) in [7, 11) is 0. The second-order valence-corrected chi connectivity index (χ2v) is 7.33. The summed E-state index contributed by atoms with van der Waals surface area (Å²) >= 11 is 0. The van der Waals surface area contributed by atoms with Gasteiger partial charge in [-0.3, -0.25) is 0 Å². The number of aliphatic hydroxyl groups is 1. The number of carbonyl (C=O) groups excluding carboxylic acids is 1. The molecular formula is C21H23FN2O2. The molecule has 0 aromatic heterocycles. The van der Waals surface area contributed by atoms with E-state index in [1.54, 1.807) is 6.07 Å². The summed E-state index contributed by atoms with van der Waals surface area (Å²) < 4.78 is 14.0. The Morgan fingerprint density at radius 2 is 1.92 bits per heavy atom. The Balaban J connectivity index is 1.37. The molecule has 1 fully saturated rings. The third-order valence-corrected chi connectivity index (χ3v) is 5.53. The molecular weight excluding hydrogens is 331 g/mol. The van der Waals surface area contributed by atoms with E-state index >= 15 is 0 Å². The van der Waals surface area contributed by atoms with E-state index in [4.69, 9.17) is 0 Å². The van der Waals surface area contributed by atoms with Gasteiger partial charge in [0, 0.05) is 18.2 Å². The summed E-state index contributed by atoms with van der Waals surface area (Å²) in [5, 5.41) is 15.8. The van der Waals surface area contributed by atoms with Crippen LogP contribution in [0.3, 0.4) is 0 Å². The third-order valence-electron chi connectivity index (χ3n) is 5.53. The van der Waals surface area contributed by atoms with Crippen LogP contribution < -0.4 is 10.6 Å². The molecule has 0 unspecified atom stereocenters. The monoisotopic (exact) mass is 354 g/mol. The predicted octanol–water partition coefficient (Wildman–Crippen LogP) is 3.74. The van der Waals surface area contributed by atoms with Crippen LogP contribution in [0.4, 0.5) is 14.9 Å². The van der Waals surface area contributed by atoms with Crippen LogP contribution in [0.5, 0.6) is 0 Å². The summed E-state index contributed by atoms with van der Waals surface area (Å²) in [6.45, 7) is 0. The number of nitrogens with one attached hydrogen (secondary N) is 2. The molecule has 0 heterocycles. The van der Waals surface area contributed by atoms with Crippen molar-refractivity contribution in [3.8, 4) is 0 Å². The molecule has 2 aromatic rings. The molecule has 2 aliphatic carbocycles. The van der Waals surface area contributed by atoms with Crippen molar-refractivity contribution in [2.24, 2.45) is 0 Å². The van der Waals surface area contributed by atoms with E-state index in [0.29, 0.717) is 12.8 Å². The van der Waals surface area contributed by atoms with Crippen LogP contribution in [0.25, 0.3) is 0 Å². The Kier molecular flexibility index (Phi) is 4.64. The first kappa shape index (κ1) is 17.0. The molecule has 3 atom stereocenters. The van der Waals surface area contributed by atoms with Crippen LogP contribution in [-0.4, -0.2) is 23.3 Å². The Hall–Kier alpha value is -2.40. The van der Waals surface area contributed by atoms with Gasteiger partial charge in [-0.05, 0) is 60.4 Å². The molecule has 2 aliphatic rings. The maximum absolute atomic E-state index is 14.0. The summed E-state index contributed by atoms with van der Waals surface area (Å²) in [6.07, 6.45) is 3.31. The number of carbonyl (C=O) groups is 1. The van der Waals surface area contributed by atoms with Crippen molar-refractivity contribution in [2.75, 3.05) is 5.32 Å². The number of hydrogen-bond donors (Lipinski definition) is 3. The summed E-state index contributed by atoms with van der Waals surface area (Å²) in [4.78, 5) is 12.4. The Labute approximate surface area is 152 Å². The lowest BCUT2D eigenvalue weighted by molar-refractivity contribution is 0.187. The number of fused-ring (bicyclic) bond motifs is 1. The van der Waals surface area contributed by atoms with Gasteiger partial charge in [-0.25, -0.2) is 9.18 Å². The summed E-state index contributed by atoms with van der Waals surface area (Å²) in [5.41, 5.74) is 3.62. The molecule has 3 N–H and O–H groups in total. The van der Waals surface area contributed by atoms with E-state index in [1.165, 1.54) is 6.07 Å². The maximum atomic E-state index is 14.0. The standard InChI is InChI=1S/C21H23FN2O2/c22-19-6-2-1-5-17(19)14-8-9-15(10-14)23-21(26)24-20-7-3-4-13-11-16(25)12-18(13)20/h1-7,14-16,25H,8-12H2,(H2,23,24,26)/t14-,15+,16-/m1/s1. The Bertz CT molecular complexity index is 823. The molecule has 1 saturated carbocycles. The molecule has 0 bridgehead atoms. The number of aliphatic hydroxyl groups excluding tert-OH is 1. The molecule has 136 valence electrons. The number of hydrogen-bond acceptors (Lipinski definition) is 2. The number of amides is 2. The van der Waals surface area contributed by atoms with Gasteiger partial charge < -0.3 is 15.7 Å². The number of halogens is 1. The zero-order valence-corrected chi connectivity index (χ0v) is 14.5. The van der Waals surface area contributed by atoms with Crippen LogP contribution >= 0.6 is 0 Å². The topological polar surface area (TPSA) is 61.4 Å². The van der Waals surface area contributed by atoms with Gasteiger partial charge in [0.05, 0.1) is 6.10 Å². The van der Waals surface area contributed by atoms with Crippen molar-refractivity contribution >= 4 is 11.7 Å². The van der Waals surface area contributed by atoms with Crippen LogP contribution in [-0.2, 0) is 12.8 Å². The fraction of sp³-hybridized carbons (Fsp3) is 0.381. The largest absolute Gasteiger partial charge is 0.392 e. The first-order valence-electron chi connectivity index (χ1n) is 9.21. The second-order valence-electron chi connectivity index (χ2n) is 7.33. The quantitative estimate of drug-likeness (QED) is 0.786. The molecule has 26 heavy (non-hydrogen) atoms. The van der Waals surface area contributed by atoms with Gasteiger partial charge in [0.25, 0.3) is 0 Å². The lowest BCUT2D eigenvalue weighted by Gasteiger charge is -2.16. The number of rotatable bonds is 3. The third kappa shape index (κ3) is 3.44. The number of urea groups is 1. The smallest absolute Gasteiger partial charge is 0.319 e. The van der Waals surface area contributed by atoms with Gasteiger partial charge in [0.2, 0.25) is 0 Å². The van der Waals surface area contributed by atoms with Crippen molar-refractivity contribution < 1.29 is 14.3 Å². The van der Waals surface area contributed by atoms with Gasteiger partial charge in [0.1, 0.15) is 5.82 Å². The highest BCUT2D eigenvalue weighted by Gasteiger charge is 2.29. The molecule has 0 aliphatic heterocycles. The van der Waals surface area contributed by atoms with Gasteiger partial charge >= 0.3 is 6.03 Å². The lowest BCUT2D eigenvalue weighted by atomic mass is 9.97. The highest BCUT2D eigenvalue weighted by molar-refractivity contribution is 5.90. The normalized spacial score (nSPS) is 24.3. The van der Waals surface area contributed by atoms with E-state index in [0.717, 1.165) is 41.6 Å². The zero-order valence-electron chi connectivity index (χ0n) is 14.5. The van der Waals surface area contributed by atoms with E-state index in [9.17, 15) is 14.3 Å². The first-order chi connectivity index (χ1) is 12.6. The Morgan fingerprint density at radius 1 is 1.08 bits per heavy atom. The van der Waals surface area contributed by atoms with Crippen molar-refractivity contribution in [3.05, 3.63) is 65.0 Å². The molecule has 0 spiro atoms. The number of anilines is 1. The minimum absolute atomic E-state index is 0.0435. The maximum Gasteiger partial charge on any atom is 0.319 e. The highest BCUT2D eigenvalue weighted by atomic mass is 19.1. The second kappa shape index (κ2) is 7.08. The van der Waals surface area contributed by atoms with Crippen LogP contribution in [0.2, 0.25) is 0 Å². The van der Waals surface area contributed by atoms with Crippen molar-refractivity contribution in [1.29, 1.82) is 0 Å². The van der Waals surface area contributed by atoms with E-state index in [2.05, 4.69) is 10.6 Å². The molecule has 5 heteroatoms. The minimum atomic E-state index is -0.368. The number of benzene rings is 2. The van der Waals surface area contributed by atoms with Crippen LogP contribution in [0.1, 0.15) is 41.9 Å². The van der Waals surface area contributed by atoms with E-state index in [-0.39, 0.29) is 29.9 Å². The molecule has 4 rings (SSSR count). The molecule has 4 nitrogen and oxygen atoms in total. The summed E-state index contributed by atoms with van der Waals surface area (Å²) in [5.74, 6) is -0.0152. The van der Waals surface area contributed by atoms with E-state index in [1.807, 2.05) is 30.3 Å². The van der Waals surface area contributed by atoms with Crippen LogP contribution in [0.15, 0.2) is 42.5 Å². The molecule has 2 amide bonds. The minimum Gasteiger partial charge on any atom is -0.392 e. The first-order valence-corrected chi connectivity index (χ1v) is 9.21. The van der Waals surface area contributed by atoms with Crippen molar-refractivity contribution in [3.63, 3.8) is 0 Å². The zero-order chi connectivity index (χ0) is 18.1. The average molecular weight is 354 g/mol. The fourth-order valence-corrected chi connectivity index (χ4v) is 4.29. The van der Waals surface area contributed by atoms with Gasteiger partial charge in [0.15, 0.2) is 0 Å². The van der Waals surface area contributed by atoms with E-state index < -0.39 is 0 Å². The van der Waals surface area contributed by atoms with Crippen molar-refractivity contribution in [2.45, 2.75) is 50.2 Å². The Morgan fingerprint density at radius 3 is 2.77 bits per heavy atom. The molecule has 2 aromatic carbocycles. The highest BCUT2D eigenvalue weighted by Crippen LogP contribution is 2.36. The lowest BCUT2D eigenvalue weighted by Crippen LogP contribution is -2.36.